The fourth-order valence-electron chi connectivity index (χ4n) is 3.17. The van der Waals surface area contributed by atoms with Crippen molar-refractivity contribution in [3.05, 3.63) is 28.2 Å². The number of rotatable bonds is 17. The molecule has 0 fully saturated rings. The fraction of sp³-hybridized carbons (Fsp3) is 0.739. The molecule has 2 nitrogen and oxygen atoms in total. The highest BCUT2D eigenvalue weighted by molar-refractivity contribution is 9.10. The van der Waals surface area contributed by atoms with Gasteiger partial charge in [-0.15, -0.1) is 0 Å². The molecule has 0 atom stereocenters. The van der Waals surface area contributed by atoms with Gasteiger partial charge < -0.3 is 10.1 Å². The third kappa shape index (κ3) is 12.8. The fourth-order valence-corrected chi connectivity index (χ4v) is 3.65. The molecule has 0 saturated carbocycles. The summed E-state index contributed by atoms with van der Waals surface area (Å²) in [6.45, 7) is 7.42. The molecule has 0 radical (unpaired) electrons. The molecule has 1 N–H and O–H groups in total. The van der Waals surface area contributed by atoms with Crippen LogP contribution < -0.4 is 5.32 Å². The van der Waals surface area contributed by atoms with Gasteiger partial charge in [0.2, 0.25) is 0 Å². The molecule has 150 valence electrons. The molecule has 1 rings (SSSR count). The molecule has 1 aromatic rings. The van der Waals surface area contributed by atoms with Gasteiger partial charge in [-0.3, -0.25) is 0 Å². The molecular formula is C23H40BrNO. The topological polar surface area (TPSA) is 21.3 Å². The van der Waals surface area contributed by atoms with Gasteiger partial charge in [0.15, 0.2) is 0 Å². The predicted octanol–water partition coefficient (Wildman–Crippen LogP) is 7.89. The lowest BCUT2D eigenvalue weighted by molar-refractivity contribution is 0.125. The van der Waals surface area contributed by atoms with Gasteiger partial charge in [0.1, 0.15) is 0 Å². The van der Waals surface area contributed by atoms with Gasteiger partial charge in [-0.25, -0.2) is 0 Å². The van der Waals surface area contributed by atoms with Crippen LogP contribution in [0.2, 0.25) is 0 Å². The van der Waals surface area contributed by atoms with Gasteiger partial charge in [0, 0.05) is 29.9 Å². The molecule has 0 saturated heterocycles. The standard InChI is InChI=1S/C23H40BrNO/c1-3-4-5-13-18-26-19-14-11-9-7-6-8-10-12-17-25-23-16-15-22(24)20-21(23)2/h15-16,20,25H,3-14,17-19H2,1-2H3. The van der Waals surface area contributed by atoms with Crippen LogP contribution in [0.25, 0.3) is 0 Å². The summed E-state index contributed by atoms with van der Waals surface area (Å²) in [6, 6.07) is 6.43. The van der Waals surface area contributed by atoms with Gasteiger partial charge in [-0.1, -0.05) is 80.6 Å². The van der Waals surface area contributed by atoms with Crippen molar-refractivity contribution >= 4 is 21.6 Å². The Morgan fingerprint density at radius 2 is 1.38 bits per heavy atom. The number of unbranched alkanes of at least 4 members (excludes halogenated alkanes) is 10. The Morgan fingerprint density at radius 1 is 0.808 bits per heavy atom. The number of anilines is 1. The zero-order valence-electron chi connectivity index (χ0n) is 17.1. The number of ether oxygens (including phenoxy) is 1. The SMILES string of the molecule is CCCCCCOCCCCCCCCCCNc1ccc(Br)cc1C. The van der Waals surface area contributed by atoms with Crippen LogP contribution in [-0.4, -0.2) is 19.8 Å². The Labute approximate surface area is 170 Å². The summed E-state index contributed by atoms with van der Waals surface area (Å²) in [5.74, 6) is 0. The Kier molecular flexibility index (Phi) is 15.0. The summed E-state index contributed by atoms with van der Waals surface area (Å²) in [5.41, 5.74) is 2.57. The number of nitrogens with one attached hydrogen (secondary N) is 1. The highest BCUT2D eigenvalue weighted by Crippen LogP contribution is 2.20. The van der Waals surface area contributed by atoms with Crippen molar-refractivity contribution < 1.29 is 4.74 Å². The number of halogens is 1. The molecule has 26 heavy (non-hydrogen) atoms. The Morgan fingerprint density at radius 3 is 2.00 bits per heavy atom. The number of benzene rings is 1. The van der Waals surface area contributed by atoms with Gasteiger partial charge >= 0.3 is 0 Å². The monoisotopic (exact) mass is 425 g/mol. The lowest BCUT2D eigenvalue weighted by atomic mass is 10.1. The summed E-state index contributed by atoms with van der Waals surface area (Å²) in [6.07, 6.45) is 15.9. The van der Waals surface area contributed by atoms with E-state index in [1.54, 1.807) is 0 Å². The van der Waals surface area contributed by atoms with E-state index in [0.29, 0.717) is 0 Å². The van der Waals surface area contributed by atoms with Crippen LogP contribution in [0.5, 0.6) is 0 Å². The predicted molar refractivity (Wildman–Crippen MR) is 119 cm³/mol. The zero-order chi connectivity index (χ0) is 18.9. The van der Waals surface area contributed by atoms with E-state index < -0.39 is 0 Å². The van der Waals surface area contributed by atoms with Crippen molar-refractivity contribution in [1.82, 2.24) is 0 Å². The molecule has 0 amide bonds. The minimum atomic E-state index is 0.966. The maximum atomic E-state index is 5.69. The number of aryl methyl sites for hydroxylation is 1. The summed E-state index contributed by atoms with van der Waals surface area (Å²) in [7, 11) is 0. The quantitative estimate of drug-likeness (QED) is 0.256. The van der Waals surface area contributed by atoms with Crippen molar-refractivity contribution in [3.8, 4) is 0 Å². The van der Waals surface area contributed by atoms with Crippen LogP contribution in [0.1, 0.15) is 89.5 Å². The molecule has 0 aromatic heterocycles. The number of hydrogen-bond donors (Lipinski definition) is 1. The van der Waals surface area contributed by atoms with Crippen LogP contribution in [-0.2, 0) is 4.74 Å². The molecule has 0 unspecified atom stereocenters. The van der Waals surface area contributed by atoms with E-state index in [0.717, 1.165) is 24.2 Å². The molecule has 0 spiro atoms. The minimum Gasteiger partial charge on any atom is -0.385 e. The summed E-state index contributed by atoms with van der Waals surface area (Å²) in [4.78, 5) is 0. The van der Waals surface area contributed by atoms with Crippen molar-refractivity contribution in [2.24, 2.45) is 0 Å². The van der Waals surface area contributed by atoms with Gasteiger partial charge in [0.25, 0.3) is 0 Å². The van der Waals surface area contributed by atoms with Crippen molar-refractivity contribution in [1.29, 1.82) is 0 Å². The molecule has 0 aliphatic rings. The van der Waals surface area contributed by atoms with Gasteiger partial charge in [-0.05, 0) is 49.9 Å². The summed E-state index contributed by atoms with van der Waals surface area (Å²) < 4.78 is 6.85. The maximum absolute atomic E-state index is 5.69. The summed E-state index contributed by atoms with van der Waals surface area (Å²) >= 11 is 3.51. The molecule has 3 heteroatoms. The molecule has 0 bridgehead atoms. The summed E-state index contributed by atoms with van der Waals surface area (Å²) in [5, 5.41) is 3.55. The molecule has 0 aliphatic heterocycles. The van der Waals surface area contributed by atoms with Crippen LogP contribution in [0, 0.1) is 6.92 Å². The molecule has 0 heterocycles. The lowest BCUT2D eigenvalue weighted by Crippen LogP contribution is -2.02. The first kappa shape index (κ1) is 23.5. The number of hydrogen-bond acceptors (Lipinski definition) is 2. The van der Waals surface area contributed by atoms with Gasteiger partial charge in [0.05, 0.1) is 0 Å². The first-order valence-electron chi connectivity index (χ1n) is 10.8. The Bertz CT molecular complexity index is 450. The minimum absolute atomic E-state index is 0.966. The smallest absolute Gasteiger partial charge is 0.0466 e. The van der Waals surface area contributed by atoms with Crippen LogP contribution in [0.15, 0.2) is 22.7 Å². The second kappa shape index (κ2) is 16.6. The van der Waals surface area contributed by atoms with Crippen LogP contribution >= 0.6 is 15.9 Å². The zero-order valence-corrected chi connectivity index (χ0v) is 18.7. The van der Waals surface area contributed by atoms with E-state index in [1.807, 2.05) is 0 Å². The van der Waals surface area contributed by atoms with E-state index >= 15 is 0 Å². The van der Waals surface area contributed by atoms with E-state index in [1.165, 1.54) is 88.3 Å². The Balaban J connectivity index is 1.79. The van der Waals surface area contributed by atoms with Crippen LogP contribution in [0.3, 0.4) is 0 Å². The van der Waals surface area contributed by atoms with Gasteiger partial charge in [-0.2, -0.15) is 0 Å². The largest absolute Gasteiger partial charge is 0.385 e. The Hall–Kier alpha value is -0.540. The first-order chi connectivity index (χ1) is 12.7. The normalized spacial score (nSPS) is 11.0. The lowest BCUT2D eigenvalue weighted by Gasteiger charge is -2.09. The van der Waals surface area contributed by atoms with Crippen molar-refractivity contribution in [3.63, 3.8) is 0 Å². The molecule has 1 aromatic carbocycles. The van der Waals surface area contributed by atoms with E-state index in [-0.39, 0.29) is 0 Å². The second-order valence-corrected chi connectivity index (χ2v) is 8.30. The second-order valence-electron chi connectivity index (χ2n) is 7.39. The third-order valence-corrected chi connectivity index (χ3v) is 5.35. The van der Waals surface area contributed by atoms with E-state index in [2.05, 4.69) is 53.3 Å². The van der Waals surface area contributed by atoms with Crippen molar-refractivity contribution in [2.45, 2.75) is 90.9 Å². The van der Waals surface area contributed by atoms with E-state index in [4.69, 9.17) is 4.74 Å². The maximum Gasteiger partial charge on any atom is 0.0466 e. The van der Waals surface area contributed by atoms with E-state index in [9.17, 15) is 0 Å². The third-order valence-electron chi connectivity index (χ3n) is 4.86. The average Bonchev–Trinajstić information content (AvgIpc) is 2.63. The van der Waals surface area contributed by atoms with Crippen molar-refractivity contribution in [2.75, 3.05) is 25.1 Å². The highest BCUT2D eigenvalue weighted by Gasteiger charge is 1.98. The molecular weight excluding hydrogens is 386 g/mol. The molecule has 0 aliphatic carbocycles. The first-order valence-corrected chi connectivity index (χ1v) is 11.6. The van der Waals surface area contributed by atoms with Crippen LogP contribution in [0.4, 0.5) is 5.69 Å². The average molecular weight is 426 g/mol. The highest BCUT2D eigenvalue weighted by atomic mass is 79.9.